The molecule has 1 amide bonds. The van der Waals surface area contributed by atoms with E-state index in [1.807, 2.05) is 24.3 Å². The lowest BCUT2D eigenvalue weighted by Crippen LogP contribution is -2.53. The zero-order chi connectivity index (χ0) is 21.8. The van der Waals surface area contributed by atoms with Gasteiger partial charge in [-0.05, 0) is 51.0 Å². The average molecular weight is 429 g/mol. The fourth-order valence-electron chi connectivity index (χ4n) is 4.86. The summed E-state index contributed by atoms with van der Waals surface area (Å²) in [6.45, 7) is 11.8. The number of piperidine rings is 1. The molecule has 1 aromatic carbocycles. The second-order valence-corrected chi connectivity index (χ2v) is 9.19. The number of anilines is 1. The Hall–Kier alpha value is -1.96. The third-order valence-corrected chi connectivity index (χ3v) is 6.94. The van der Waals surface area contributed by atoms with E-state index >= 15 is 0 Å². The van der Waals surface area contributed by atoms with Crippen molar-refractivity contribution in [2.75, 3.05) is 63.9 Å². The lowest BCUT2D eigenvalue weighted by atomic mass is 9.94. The van der Waals surface area contributed by atoms with Crippen LogP contribution in [0, 0.1) is 5.92 Å². The first kappa shape index (κ1) is 22.2. The molecule has 1 atom stereocenters. The van der Waals surface area contributed by atoms with Crippen LogP contribution in [-0.2, 0) is 9.53 Å². The number of carbonyl (C=O) groups excluding carboxylic acids is 2. The van der Waals surface area contributed by atoms with E-state index in [1.165, 1.54) is 0 Å². The fourth-order valence-corrected chi connectivity index (χ4v) is 4.86. The number of hydrogen-bond acceptors (Lipinski definition) is 6. The van der Waals surface area contributed by atoms with Crippen LogP contribution in [0.2, 0.25) is 0 Å². The first-order valence-electron chi connectivity index (χ1n) is 11.8. The minimum absolute atomic E-state index is 0.0422. The van der Waals surface area contributed by atoms with E-state index in [-0.39, 0.29) is 17.8 Å². The van der Waals surface area contributed by atoms with Crippen LogP contribution >= 0.6 is 0 Å². The Kier molecular flexibility index (Phi) is 7.25. The molecule has 0 bridgehead atoms. The van der Waals surface area contributed by atoms with E-state index in [1.54, 1.807) is 0 Å². The number of Topliss-reactive ketones (excluding diaryl/α,β-unsaturated/α-hetero) is 1. The van der Waals surface area contributed by atoms with Gasteiger partial charge in [-0.2, -0.15) is 0 Å². The topological polar surface area (TPSA) is 65.1 Å². The van der Waals surface area contributed by atoms with Crippen molar-refractivity contribution in [1.29, 1.82) is 0 Å². The van der Waals surface area contributed by atoms with E-state index in [0.29, 0.717) is 30.7 Å². The molecule has 0 aliphatic carbocycles. The number of hydrogen-bond donors (Lipinski definition) is 1. The fraction of sp³-hybridized carbons (Fsp3) is 0.667. The highest BCUT2D eigenvalue weighted by molar-refractivity contribution is 6.00. The second-order valence-electron chi connectivity index (χ2n) is 9.19. The summed E-state index contributed by atoms with van der Waals surface area (Å²) in [7, 11) is 0. The number of rotatable bonds is 5. The van der Waals surface area contributed by atoms with Crippen LogP contribution in [0.5, 0.6) is 0 Å². The number of benzene rings is 1. The maximum Gasteiger partial charge on any atom is 0.225 e. The van der Waals surface area contributed by atoms with Gasteiger partial charge in [0.05, 0.1) is 6.61 Å². The smallest absolute Gasteiger partial charge is 0.225 e. The first-order chi connectivity index (χ1) is 15.0. The number of ketones is 1. The Bertz CT molecular complexity index is 745. The zero-order valence-corrected chi connectivity index (χ0v) is 18.9. The Morgan fingerprint density at radius 1 is 1.00 bits per heavy atom. The molecule has 3 heterocycles. The van der Waals surface area contributed by atoms with Crippen molar-refractivity contribution in [2.45, 2.75) is 38.8 Å². The van der Waals surface area contributed by atoms with Gasteiger partial charge in [-0.3, -0.25) is 14.5 Å². The van der Waals surface area contributed by atoms with E-state index in [4.69, 9.17) is 4.74 Å². The van der Waals surface area contributed by atoms with E-state index in [2.05, 4.69) is 33.9 Å². The number of nitrogens with zero attached hydrogens (tertiary/aromatic N) is 3. The molecule has 170 valence electrons. The van der Waals surface area contributed by atoms with Crippen LogP contribution in [0.15, 0.2) is 24.3 Å². The lowest BCUT2D eigenvalue weighted by molar-refractivity contribution is -0.138. The molecule has 31 heavy (non-hydrogen) atoms. The molecule has 3 saturated heterocycles. The van der Waals surface area contributed by atoms with Gasteiger partial charge in [0, 0.05) is 75.6 Å². The van der Waals surface area contributed by atoms with Crippen molar-refractivity contribution >= 4 is 17.4 Å². The molecular weight excluding hydrogens is 392 g/mol. The van der Waals surface area contributed by atoms with Gasteiger partial charge in [0.15, 0.2) is 5.78 Å². The van der Waals surface area contributed by atoms with Crippen LogP contribution in [0.4, 0.5) is 5.69 Å². The highest BCUT2D eigenvalue weighted by Crippen LogP contribution is 2.26. The van der Waals surface area contributed by atoms with Crippen LogP contribution in [0.1, 0.15) is 37.0 Å². The number of carbonyl (C=O) groups is 2. The summed E-state index contributed by atoms with van der Waals surface area (Å²) in [5.41, 5.74) is 1.82. The molecule has 7 heteroatoms. The monoisotopic (exact) mass is 428 g/mol. The van der Waals surface area contributed by atoms with Crippen molar-refractivity contribution in [1.82, 2.24) is 15.1 Å². The number of amides is 1. The summed E-state index contributed by atoms with van der Waals surface area (Å²) in [5, 5.41) is 3.20. The number of nitrogens with one attached hydrogen (secondary N) is 1. The molecule has 0 radical (unpaired) electrons. The minimum Gasteiger partial charge on any atom is -0.371 e. The SMILES string of the molecule is CC(C)N1CCN(C(=O)C2CCN(c3ccc(C(=O)C4CNCCO4)cc3)CC2)CC1. The van der Waals surface area contributed by atoms with Gasteiger partial charge in [-0.25, -0.2) is 0 Å². The Morgan fingerprint density at radius 2 is 1.68 bits per heavy atom. The van der Waals surface area contributed by atoms with Gasteiger partial charge in [0.1, 0.15) is 6.10 Å². The van der Waals surface area contributed by atoms with Crippen LogP contribution in [-0.4, -0.2) is 92.6 Å². The maximum absolute atomic E-state index is 13.0. The molecule has 1 unspecified atom stereocenters. The summed E-state index contributed by atoms with van der Waals surface area (Å²) in [4.78, 5) is 32.4. The van der Waals surface area contributed by atoms with Crippen molar-refractivity contribution in [2.24, 2.45) is 5.92 Å². The van der Waals surface area contributed by atoms with E-state index in [9.17, 15) is 9.59 Å². The first-order valence-corrected chi connectivity index (χ1v) is 11.8. The molecule has 0 spiro atoms. The quantitative estimate of drug-likeness (QED) is 0.719. The molecule has 3 aliphatic heterocycles. The van der Waals surface area contributed by atoms with Crippen LogP contribution in [0.25, 0.3) is 0 Å². The largest absolute Gasteiger partial charge is 0.371 e. The Morgan fingerprint density at radius 3 is 2.26 bits per heavy atom. The molecule has 0 saturated carbocycles. The van der Waals surface area contributed by atoms with Crippen LogP contribution < -0.4 is 10.2 Å². The summed E-state index contributed by atoms with van der Waals surface area (Å²) < 4.78 is 5.58. The van der Waals surface area contributed by atoms with Crippen molar-refractivity contribution in [3.63, 3.8) is 0 Å². The van der Waals surface area contributed by atoms with Gasteiger partial charge in [0.25, 0.3) is 0 Å². The number of ether oxygens (including phenoxy) is 1. The summed E-state index contributed by atoms with van der Waals surface area (Å²) in [6.07, 6.45) is 1.40. The molecule has 7 nitrogen and oxygen atoms in total. The van der Waals surface area contributed by atoms with Crippen molar-refractivity contribution in [3.05, 3.63) is 29.8 Å². The highest BCUT2D eigenvalue weighted by atomic mass is 16.5. The zero-order valence-electron chi connectivity index (χ0n) is 18.9. The highest BCUT2D eigenvalue weighted by Gasteiger charge is 2.31. The normalized spacial score (nSPS) is 23.9. The van der Waals surface area contributed by atoms with Crippen LogP contribution in [0.3, 0.4) is 0 Å². The molecule has 0 aromatic heterocycles. The third kappa shape index (κ3) is 5.27. The van der Waals surface area contributed by atoms with Gasteiger partial charge < -0.3 is 19.9 Å². The van der Waals surface area contributed by atoms with Gasteiger partial charge in [0.2, 0.25) is 5.91 Å². The van der Waals surface area contributed by atoms with E-state index < -0.39 is 0 Å². The summed E-state index contributed by atoms with van der Waals surface area (Å²) in [5.74, 6) is 0.518. The van der Waals surface area contributed by atoms with E-state index in [0.717, 1.165) is 64.3 Å². The average Bonchev–Trinajstić information content (AvgIpc) is 2.84. The van der Waals surface area contributed by atoms with Gasteiger partial charge in [-0.15, -0.1) is 0 Å². The third-order valence-electron chi connectivity index (χ3n) is 6.94. The molecule has 3 aliphatic rings. The summed E-state index contributed by atoms with van der Waals surface area (Å²) in [6, 6.07) is 8.41. The molecular formula is C24H36N4O3. The Labute approximate surface area is 185 Å². The lowest BCUT2D eigenvalue weighted by Gasteiger charge is -2.40. The second kappa shape index (κ2) is 10.1. The predicted molar refractivity (Wildman–Crippen MR) is 122 cm³/mol. The van der Waals surface area contributed by atoms with Gasteiger partial charge >= 0.3 is 0 Å². The maximum atomic E-state index is 13.0. The molecule has 3 fully saturated rings. The minimum atomic E-state index is -0.385. The standard InChI is InChI=1S/C24H36N4O3/c1-18(2)26-12-14-28(15-13-26)24(30)20-7-10-27(11-8-20)21-5-3-19(4-6-21)23(29)22-17-25-9-16-31-22/h3-6,18,20,22,25H,7-17H2,1-2H3. The number of morpholine rings is 1. The van der Waals surface area contributed by atoms with Crippen molar-refractivity contribution in [3.8, 4) is 0 Å². The number of piperazine rings is 1. The molecule has 1 N–H and O–H groups in total. The summed E-state index contributed by atoms with van der Waals surface area (Å²) >= 11 is 0. The van der Waals surface area contributed by atoms with Crippen molar-refractivity contribution < 1.29 is 14.3 Å². The molecule has 1 aromatic rings. The predicted octanol–water partition coefficient (Wildman–Crippen LogP) is 1.63. The molecule has 4 rings (SSSR count). The van der Waals surface area contributed by atoms with Gasteiger partial charge in [-0.1, -0.05) is 0 Å². The Balaban J connectivity index is 1.27.